The normalized spacial score (nSPS) is 10.5. The predicted octanol–water partition coefficient (Wildman–Crippen LogP) is 3.27. The van der Waals surface area contributed by atoms with Crippen LogP contribution in [0.2, 0.25) is 10.0 Å². The molecule has 21 heavy (non-hydrogen) atoms. The number of amides is 1. The van der Waals surface area contributed by atoms with Crippen LogP contribution in [0.1, 0.15) is 22.0 Å². The van der Waals surface area contributed by atoms with Crippen LogP contribution >= 0.6 is 23.2 Å². The van der Waals surface area contributed by atoms with Gasteiger partial charge in [-0.25, -0.2) is 4.98 Å². The second kappa shape index (κ2) is 6.83. The van der Waals surface area contributed by atoms with Crippen molar-refractivity contribution in [2.75, 3.05) is 13.7 Å². The minimum absolute atomic E-state index is 0.218. The summed E-state index contributed by atoms with van der Waals surface area (Å²) < 4.78 is 10.5. The molecule has 0 saturated carbocycles. The molecular formula is C14H14Cl2N2O3. The molecule has 0 saturated heterocycles. The van der Waals surface area contributed by atoms with E-state index in [9.17, 15) is 4.79 Å². The van der Waals surface area contributed by atoms with Crippen LogP contribution in [0.3, 0.4) is 0 Å². The molecule has 5 nitrogen and oxygen atoms in total. The van der Waals surface area contributed by atoms with Crippen LogP contribution in [0.5, 0.6) is 5.75 Å². The molecule has 0 radical (unpaired) electrons. The Kier molecular flexibility index (Phi) is 5.09. The van der Waals surface area contributed by atoms with Crippen molar-refractivity contribution in [1.82, 2.24) is 10.3 Å². The number of carbonyl (C=O) groups excluding carboxylic acids is 1. The smallest absolute Gasteiger partial charge is 0.256 e. The second-order valence-electron chi connectivity index (χ2n) is 4.31. The molecule has 2 aromatic rings. The number of carbonyl (C=O) groups is 1. The summed E-state index contributed by atoms with van der Waals surface area (Å²) in [7, 11) is 1.43. The highest BCUT2D eigenvalue weighted by atomic mass is 35.5. The number of methoxy groups -OCH3 is 1. The zero-order valence-corrected chi connectivity index (χ0v) is 13.1. The number of oxazole rings is 1. The molecule has 1 N–H and O–H groups in total. The van der Waals surface area contributed by atoms with Gasteiger partial charge in [0.05, 0.1) is 23.4 Å². The molecule has 1 amide bonds. The third-order valence-electron chi connectivity index (χ3n) is 2.78. The summed E-state index contributed by atoms with van der Waals surface area (Å²) in [4.78, 5) is 16.3. The quantitative estimate of drug-likeness (QED) is 0.914. The Morgan fingerprint density at radius 3 is 2.71 bits per heavy atom. The summed E-state index contributed by atoms with van der Waals surface area (Å²) in [5.41, 5.74) is 0.218. The molecule has 0 atom stereocenters. The Morgan fingerprint density at radius 1 is 1.38 bits per heavy atom. The van der Waals surface area contributed by atoms with E-state index in [0.29, 0.717) is 23.9 Å². The van der Waals surface area contributed by atoms with Gasteiger partial charge in [0, 0.05) is 13.0 Å². The van der Waals surface area contributed by atoms with Crippen LogP contribution in [0.4, 0.5) is 0 Å². The van der Waals surface area contributed by atoms with E-state index in [1.807, 2.05) is 6.92 Å². The number of hydrogen-bond acceptors (Lipinski definition) is 4. The highest BCUT2D eigenvalue weighted by Crippen LogP contribution is 2.33. The fraction of sp³-hybridized carbons (Fsp3) is 0.286. The first kappa shape index (κ1) is 15.7. The van der Waals surface area contributed by atoms with Gasteiger partial charge in [0.25, 0.3) is 5.91 Å². The van der Waals surface area contributed by atoms with Crippen molar-refractivity contribution in [3.05, 3.63) is 45.6 Å². The van der Waals surface area contributed by atoms with Crippen molar-refractivity contribution in [2.45, 2.75) is 13.3 Å². The van der Waals surface area contributed by atoms with Gasteiger partial charge in [-0.2, -0.15) is 0 Å². The molecule has 0 aliphatic carbocycles. The fourth-order valence-electron chi connectivity index (χ4n) is 1.83. The third-order valence-corrected chi connectivity index (χ3v) is 3.40. The molecule has 112 valence electrons. The average Bonchev–Trinajstić information content (AvgIpc) is 2.86. The molecule has 0 bridgehead atoms. The summed E-state index contributed by atoms with van der Waals surface area (Å²) in [6, 6.07) is 3.13. The summed E-state index contributed by atoms with van der Waals surface area (Å²) in [6.07, 6.45) is 2.12. The highest BCUT2D eigenvalue weighted by molar-refractivity contribution is 6.37. The number of benzene rings is 1. The van der Waals surface area contributed by atoms with Gasteiger partial charge in [0.15, 0.2) is 11.6 Å². The molecular weight excluding hydrogens is 315 g/mol. The van der Waals surface area contributed by atoms with E-state index in [0.717, 1.165) is 5.76 Å². The van der Waals surface area contributed by atoms with E-state index in [2.05, 4.69) is 10.3 Å². The van der Waals surface area contributed by atoms with Gasteiger partial charge in [-0.05, 0) is 19.1 Å². The topological polar surface area (TPSA) is 64.4 Å². The van der Waals surface area contributed by atoms with E-state index in [1.165, 1.54) is 7.11 Å². The zero-order valence-electron chi connectivity index (χ0n) is 11.6. The lowest BCUT2D eigenvalue weighted by molar-refractivity contribution is 0.0950. The van der Waals surface area contributed by atoms with E-state index in [4.69, 9.17) is 32.4 Å². The van der Waals surface area contributed by atoms with Gasteiger partial charge in [-0.1, -0.05) is 23.2 Å². The molecule has 0 unspecified atom stereocenters. The van der Waals surface area contributed by atoms with Gasteiger partial charge >= 0.3 is 0 Å². The summed E-state index contributed by atoms with van der Waals surface area (Å²) in [5.74, 6) is 1.20. The molecule has 0 fully saturated rings. The van der Waals surface area contributed by atoms with E-state index >= 15 is 0 Å². The standard InChI is InChI=1S/C14H14Cl2N2O3/c1-8-7-18-11(21-8)5-6-17-14(19)12-9(15)3-4-10(16)13(12)20-2/h3-4,7H,5-6H2,1-2H3,(H,17,19). The summed E-state index contributed by atoms with van der Waals surface area (Å²) in [5, 5.41) is 3.34. The molecule has 7 heteroatoms. The monoisotopic (exact) mass is 328 g/mol. The van der Waals surface area contributed by atoms with Crippen molar-refractivity contribution in [3.8, 4) is 5.75 Å². The maximum atomic E-state index is 12.2. The first-order valence-electron chi connectivity index (χ1n) is 6.24. The van der Waals surface area contributed by atoms with Crippen LogP contribution in [0, 0.1) is 6.92 Å². The molecule has 1 aromatic carbocycles. The van der Waals surface area contributed by atoms with E-state index < -0.39 is 0 Å². The van der Waals surface area contributed by atoms with Crippen molar-refractivity contribution >= 4 is 29.1 Å². The van der Waals surface area contributed by atoms with Crippen molar-refractivity contribution < 1.29 is 13.9 Å². The van der Waals surface area contributed by atoms with Crippen molar-refractivity contribution in [3.63, 3.8) is 0 Å². The maximum absolute atomic E-state index is 12.2. The van der Waals surface area contributed by atoms with Gasteiger partial charge in [0.1, 0.15) is 11.3 Å². The minimum atomic E-state index is -0.359. The molecule has 1 heterocycles. The summed E-state index contributed by atoms with van der Waals surface area (Å²) >= 11 is 12.0. The largest absolute Gasteiger partial charge is 0.494 e. The number of hydrogen-bond donors (Lipinski definition) is 1. The molecule has 2 rings (SSSR count). The first-order valence-corrected chi connectivity index (χ1v) is 7.00. The third kappa shape index (κ3) is 3.68. The zero-order chi connectivity index (χ0) is 15.4. The van der Waals surface area contributed by atoms with E-state index in [-0.39, 0.29) is 22.2 Å². The van der Waals surface area contributed by atoms with Crippen molar-refractivity contribution in [1.29, 1.82) is 0 Å². The Bertz CT molecular complexity index is 656. The molecule has 0 spiro atoms. The van der Waals surface area contributed by atoms with Gasteiger partial charge in [0.2, 0.25) is 0 Å². The Labute approximate surface area is 132 Å². The number of nitrogens with zero attached hydrogens (tertiary/aromatic N) is 1. The number of ether oxygens (including phenoxy) is 1. The lowest BCUT2D eigenvalue weighted by Gasteiger charge is -2.12. The Balaban J connectivity index is 2.05. The fourth-order valence-corrected chi connectivity index (χ4v) is 2.30. The number of aryl methyl sites for hydroxylation is 1. The number of halogens is 2. The van der Waals surface area contributed by atoms with Crippen LogP contribution in [0.25, 0.3) is 0 Å². The number of rotatable bonds is 5. The predicted molar refractivity (Wildman–Crippen MR) is 80.3 cm³/mol. The van der Waals surface area contributed by atoms with Crippen LogP contribution in [0.15, 0.2) is 22.7 Å². The summed E-state index contributed by atoms with van der Waals surface area (Å²) in [6.45, 7) is 2.18. The molecule has 0 aliphatic rings. The Morgan fingerprint density at radius 2 is 2.10 bits per heavy atom. The minimum Gasteiger partial charge on any atom is -0.494 e. The van der Waals surface area contributed by atoms with Crippen molar-refractivity contribution in [2.24, 2.45) is 0 Å². The average molecular weight is 329 g/mol. The second-order valence-corrected chi connectivity index (χ2v) is 5.12. The SMILES string of the molecule is COc1c(Cl)ccc(Cl)c1C(=O)NCCc1ncc(C)o1. The Hall–Kier alpha value is -1.72. The van der Waals surface area contributed by atoms with Gasteiger partial charge < -0.3 is 14.5 Å². The number of aromatic nitrogens is 1. The van der Waals surface area contributed by atoms with Crippen LogP contribution in [-0.4, -0.2) is 24.5 Å². The molecule has 1 aromatic heterocycles. The lowest BCUT2D eigenvalue weighted by atomic mass is 10.2. The van der Waals surface area contributed by atoms with Gasteiger partial charge in [-0.3, -0.25) is 4.79 Å². The van der Waals surface area contributed by atoms with Crippen LogP contribution < -0.4 is 10.1 Å². The maximum Gasteiger partial charge on any atom is 0.256 e. The first-order chi connectivity index (χ1) is 10.0. The van der Waals surface area contributed by atoms with E-state index in [1.54, 1.807) is 18.3 Å². The number of nitrogens with one attached hydrogen (secondary N) is 1. The highest BCUT2D eigenvalue weighted by Gasteiger charge is 2.19. The molecule has 0 aliphatic heterocycles. The lowest BCUT2D eigenvalue weighted by Crippen LogP contribution is -2.26. The van der Waals surface area contributed by atoms with Crippen LogP contribution in [-0.2, 0) is 6.42 Å². The van der Waals surface area contributed by atoms with Gasteiger partial charge in [-0.15, -0.1) is 0 Å².